The zero-order valence-corrected chi connectivity index (χ0v) is 10.2. The predicted molar refractivity (Wildman–Crippen MR) is 62.5 cm³/mol. The van der Waals surface area contributed by atoms with Crippen LogP contribution in [-0.4, -0.2) is 32.0 Å². The molecule has 1 aromatic carbocycles. The number of nitrogens with zero attached hydrogens (tertiary/aromatic N) is 4. The molecule has 0 amide bonds. The third-order valence-corrected chi connectivity index (χ3v) is 2.91. The third-order valence-electron chi connectivity index (χ3n) is 1.98. The maximum absolute atomic E-state index is 11.2. The molecule has 92 valence electrons. The van der Waals surface area contributed by atoms with E-state index in [4.69, 9.17) is 10.1 Å². The molecule has 0 aromatic heterocycles. The van der Waals surface area contributed by atoms with Crippen molar-refractivity contribution in [1.29, 1.82) is 0 Å². The average Bonchev–Trinajstić information content (AvgIpc) is 2.18. The first-order chi connectivity index (χ1) is 7.84. The second kappa shape index (κ2) is 5.15. The van der Waals surface area contributed by atoms with E-state index in [0.717, 1.165) is 6.07 Å². The van der Waals surface area contributed by atoms with Gasteiger partial charge in [0.2, 0.25) is 0 Å². The van der Waals surface area contributed by atoms with Crippen molar-refractivity contribution >= 4 is 15.8 Å². The number of hydrogen-bond acceptors (Lipinski definition) is 4. The van der Waals surface area contributed by atoms with Gasteiger partial charge in [-0.25, -0.2) is 0 Å². The van der Waals surface area contributed by atoms with Crippen molar-refractivity contribution < 1.29 is 13.0 Å². The van der Waals surface area contributed by atoms with Crippen LogP contribution in [0.4, 0.5) is 5.69 Å². The van der Waals surface area contributed by atoms with Crippen molar-refractivity contribution in [2.45, 2.75) is 11.4 Å². The van der Waals surface area contributed by atoms with E-state index in [9.17, 15) is 8.42 Å². The minimum atomic E-state index is -4.33. The summed E-state index contributed by atoms with van der Waals surface area (Å²) in [4.78, 5) is 4.08. The highest BCUT2D eigenvalue weighted by Crippen LogP contribution is 2.23. The van der Waals surface area contributed by atoms with Gasteiger partial charge in [0.1, 0.15) is 0 Å². The van der Waals surface area contributed by atoms with Crippen molar-refractivity contribution in [3.8, 4) is 0 Å². The number of hydrogen-bond donors (Lipinski definition) is 1. The molecule has 0 saturated carbocycles. The van der Waals surface area contributed by atoms with Gasteiger partial charge in [0, 0.05) is 17.1 Å². The molecule has 0 radical (unpaired) electrons. The van der Waals surface area contributed by atoms with Gasteiger partial charge in [-0.3, -0.25) is 4.55 Å². The Kier molecular flexibility index (Phi) is 4.08. The lowest BCUT2D eigenvalue weighted by Gasteiger charge is -2.12. The van der Waals surface area contributed by atoms with E-state index in [1.165, 1.54) is 12.1 Å². The first kappa shape index (κ1) is 13.5. The summed E-state index contributed by atoms with van der Waals surface area (Å²) in [5.41, 5.74) is 8.85. The Morgan fingerprint density at radius 3 is 2.59 bits per heavy atom. The Morgan fingerprint density at radius 2 is 2.12 bits per heavy atom. The first-order valence-corrected chi connectivity index (χ1v) is 6.09. The highest BCUT2D eigenvalue weighted by atomic mass is 32.2. The molecule has 8 heteroatoms. The summed E-state index contributed by atoms with van der Waals surface area (Å²) in [7, 11) is -0.784. The Labute approximate surface area is 99.0 Å². The molecule has 0 spiro atoms. The fraction of sp³-hybridized carbons (Fsp3) is 0.333. The molecule has 0 heterocycles. The van der Waals surface area contributed by atoms with Crippen LogP contribution >= 0.6 is 0 Å². The molecule has 0 bridgehead atoms. The number of rotatable bonds is 4. The van der Waals surface area contributed by atoms with Gasteiger partial charge in [-0.05, 0) is 31.3 Å². The van der Waals surface area contributed by atoms with Gasteiger partial charge in [-0.2, -0.15) is 8.42 Å². The van der Waals surface area contributed by atoms with Crippen LogP contribution in [0.1, 0.15) is 5.56 Å². The highest BCUT2D eigenvalue weighted by Gasteiger charge is 2.16. The normalized spacial score (nSPS) is 11.3. The molecule has 0 aliphatic rings. The fourth-order valence-corrected chi connectivity index (χ4v) is 2.10. The van der Waals surface area contributed by atoms with Crippen LogP contribution < -0.4 is 0 Å². The van der Waals surface area contributed by atoms with Crippen LogP contribution in [0.15, 0.2) is 28.2 Å². The molecular formula is C9H12N4O3S. The molecule has 17 heavy (non-hydrogen) atoms. The standard InChI is InChI=1S/C9H12N4O3S/c1-13(2)6-7-3-4-8(11-12-10)5-9(7)17(14,15)16/h3-5H,6H2,1-2H3,(H,14,15,16). The Balaban J connectivity index is 3.37. The number of azide groups is 1. The van der Waals surface area contributed by atoms with Crippen molar-refractivity contribution in [3.05, 3.63) is 34.2 Å². The largest absolute Gasteiger partial charge is 0.305 e. The SMILES string of the molecule is CN(C)Cc1ccc(N=[N+]=[N-])cc1S(=O)(=O)O. The molecule has 0 aliphatic carbocycles. The summed E-state index contributed by atoms with van der Waals surface area (Å²) in [6.45, 7) is 0.353. The molecule has 0 saturated heterocycles. The van der Waals surface area contributed by atoms with E-state index < -0.39 is 10.1 Å². The molecule has 1 aromatic rings. The minimum absolute atomic E-state index is 0.141. The zero-order chi connectivity index (χ0) is 13.1. The van der Waals surface area contributed by atoms with Gasteiger partial charge >= 0.3 is 0 Å². The summed E-state index contributed by atoms with van der Waals surface area (Å²) >= 11 is 0. The summed E-state index contributed by atoms with van der Waals surface area (Å²) in [6.07, 6.45) is 0. The lowest BCUT2D eigenvalue weighted by Crippen LogP contribution is -2.14. The summed E-state index contributed by atoms with van der Waals surface area (Å²) in [6, 6.07) is 4.15. The second-order valence-corrected chi connectivity index (χ2v) is 5.08. The highest BCUT2D eigenvalue weighted by molar-refractivity contribution is 7.85. The van der Waals surface area contributed by atoms with Gasteiger partial charge in [0.25, 0.3) is 10.1 Å². The Hall–Kier alpha value is -1.60. The van der Waals surface area contributed by atoms with Gasteiger partial charge in [0.05, 0.1) is 4.90 Å². The molecule has 0 unspecified atom stereocenters. The monoisotopic (exact) mass is 256 g/mol. The molecule has 1 rings (SSSR count). The van der Waals surface area contributed by atoms with Gasteiger partial charge < -0.3 is 4.90 Å². The fourth-order valence-electron chi connectivity index (χ4n) is 1.37. The van der Waals surface area contributed by atoms with E-state index in [1.807, 2.05) is 0 Å². The van der Waals surface area contributed by atoms with Crippen molar-refractivity contribution in [2.75, 3.05) is 14.1 Å². The summed E-state index contributed by atoms with van der Waals surface area (Å²) < 4.78 is 31.5. The topological polar surface area (TPSA) is 106 Å². The van der Waals surface area contributed by atoms with Crippen LogP contribution in [0.3, 0.4) is 0 Å². The maximum Gasteiger partial charge on any atom is 0.294 e. The summed E-state index contributed by atoms with van der Waals surface area (Å²) in [5.74, 6) is 0. The second-order valence-electron chi connectivity index (χ2n) is 3.69. The number of benzene rings is 1. The Bertz CT molecular complexity index is 562. The molecule has 7 nitrogen and oxygen atoms in total. The van der Waals surface area contributed by atoms with E-state index in [0.29, 0.717) is 12.1 Å². The van der Waals surface area contributed by atoms with Gasteiger partial charge in [-0.1, -0.05) is 17.2 Å². The molecular weight excluding hydrogens is 244 g/mol. The average molecular weight is 256 g/mol. The minimum Gasteiger partial charge on any atom is -0.305 e. The van der Waals surface area contributed by atoms with Crippen LogP contribution in [-0.2, 0) is 16.7 Å². The third kappa shape index (κ3) is 3.72. The van der Waals surface area contributed by atoms with Crippen LogP contribution in [0.5, 0.6) is 0 Å². The first-order valence-electron chi connectivity index (χ1n) is 4.65. The summed E-state index contributed by atoms with van der Waals surface area (Å²) in [5, 5.41) is 3.29. The molecule has 0 aliphatic heterocycles. The lowest BCUT2D eigenvalue weighted by molar-refractivity contribution is 0.397. The maximum atomic E-state index is 11.2. The zero-order valence-electron chi connectivity index (χ0n) is 9.40. The van der Waals surface area contributed by atoms with Crippen LogP contribution in [0.2, 0.25) is 0 Å². The van der Waals surface area contributed by atoms with E-state index >= 15 is 0 Å². The molecule has 1 N–H and O–H groups in total. The smallest absolute Gasteiger partial charge is 0.294 e. The van der Waals surface area contributed by atoms with E-state index in [2.05, 4.69) is 10.0 Å². The van der Waals surface area contributed by atoms with Gasteiger partial charge in [-0.15, -0.1) is 0 Å². The quantitative estimate of drug-likeness (QED) is 0.384. The Morgan fingerprint density at radius 1 is 1.47 bits per heavy atom. The van der Waals surface area contributed by atoms with E-state index in [-0.39, 0.29) is 10.6 Å². The van der Waals surface area contributed by atoms with Gasteiger partial charge in [0.15, 0.2) is 0 Å². The van der Waals surface area contributed by atoms with Crippen molar-refractivity contribution in [3.63, 3.8) is 0 Å². The molecule has 0 fully saturated rings. The predicted octanol–water partition coefficient (Wildman–Crippen LogP) is 1.94. The van der Waals surface area contributed by atoms with Crippen molar-refractivity contribution in [2.24, 2.45) is 5.11 Å². The van der Waals surface area contributed by atoms with E-state index in [1.54, 1.807) is 19.0 Å². The van der Waals surface area contributed by atoms with Crippen LogP contribution in [0.25, 0.3) is 10.4 Å². The molecule has 0 atom stereocenters. The van der Waals surface area contributed by atoms with Crippen molar-refractivity contribution in [1.82, 2.24) is 4.90 Å². The van der Waals surface area contributed by atoms with Crippen LogP contribution in [0, 0.1) is 0 Å². The lowest BCUT2D eigenvalue weighted by atomic mass is 10.2.